The summed E-state index contributed by atoms with van der Waals surface area (Å²) in [6, 6.07) is 14.4. The maximum atomic E-state index is 12.7. The summed E-state index contributed by atoms with van der Waals surface area (Å²) < 4.78 is 0.962. The second-order valence-electron chi connectivity index (χ2n) is 6.85. The van der Waals surface area contributed by atoms with Crippen LogP contribution in [0.3, 0.4) is 0 Å². The van der Waals surface area contributed by atoms with Crippen LogP contribution in [0.4, 0.5) is 0 Å². The molecule has 0 aliphatic rings. The minimum Gasteiger partial charge on any atom is -0.348 e. The smallest absolute Gasteiger partial charge is 0.251 e. The highest BCUT2D eigenvalue weighted by Crippen LogP contribution is 2.18. The number of benzene rings is 2. The molecular weight excluding hydrogens is 392 g/mol. The summed E-state index contributed by atoms with van der Waals surface area (Å²) in [5.41, 5.74) is 2.57. The second-order valence-corrected chi connectivity index (χ2v) is 7.77. The van der Waals surface area contributed by atoms with Gasteiger partial charge < -0.3 is 10.6 Å². The van der Waals surface area contributed by atoms with E-state index in [0.717, 1.165) is 15.6 Å². The third-order valence-electron chi connectivity index (χ3n) is 4.22. The molecule has 0 spiro atoms. The third-order valence-corrected chi connectivity index (χ3v) is 4.72. The molecule has 2 unspecified atom stereocenters. The van der Waals surface area contributed by atoms with Gasteiger partial charge in [-0.15, -0.1) is 0 Å². The van der Waals surface area contributed by atoms with Crippen molar-refractivity contribution in [2.45, 2.75) is 39.8 Å². The average molecular weight is 417 g/mol. The molecule has 0 bridgehead atoms. The molecule has 2 atom stereocenters. The van der Waals surface area contributed by atoms with Gasteiger partial charge in [-0.3, -0.25) is 9.59 Å². The van der Waals surface area contributed by atoms with E-state index < -0.39 is 6.04 Å². The first-order valence-electron chi connectivity index (χ1n) is 8.71. The molecular formula is C21H25BrN2O2. The molecule has 0 heterocycles. The Labute approximate surface area is 163 Å². The third kappa shape index (κ3) is 5.43. The molecule has 0 aliphatic heterocycles. The largest absolute Gasteiger partial charge is 0.348 e. The molecule has 4 nitrogen and oxygen atoms in total. The Kier molecular flexibility index (Phi) is 6.98. The first kappa shape index (κ1) is 20.2. The van der Waals surface area contributed by atoms with Crippen molar-refractivity contribution in [1.29, 1.82) is 0 Å². The van der Waals surface area contributed by atoms with E-state index in [0.29, 0.717) is 5.56 Å². The molecule has 2 rings (SSSR count). The van der Waals surface area contributed by atoms with Gasteiger partial charge in [0, 0.05) is 10.0 Å². The standard InChI is InChI=1S/C21H25BrN2O2/c1-13(2)19(24-20(25)17-9-5-7-14(3)11-17)21(26)23-15(4)16-8-6-10-18(22)12-16/h5-13,15,19H,1-4H3,(H,23,26)(H,24,25). The highest BCUT2D eigenvalue weighted by Gasteiger charge is 2.26. The highest BCUT2D eigenvalue weighted by molar-refractivity contribution is 9.10. The minimum atomic E-state index is -0.599. The van der Waals surface area contributed by atoms with Crippen LogP contribution in [-0.4, -0.2) is 17.9 Å². The van der Waals surface area contributed by atoms with Gasteiger partial charge in [-0.1, -0.05) is 59.6 Å². The molecule has 2 N–H and O–H groups in total. The number of nitrogens with one attached hydrogen (secondary N) is 2. The molecule has 138 valence electrons. The Balaban J connectivity index is 2.08. The van der Waals surface area contributed by atoms with Gasteiger partial charge in [0.2, 0.25) is 5.91 Å². The zero-order valence-corrected chi connectivity index (χ0v) is 17.1. The molecule has 0 fully saturated rings. The molecule has 0 saturated heterocycles. The first-order valence-corrected chi connectivity index (χ1v) is 9.50. The molecule has 2 aromatic rings. The Hall–Kier alpha value is -2.14. The Morgan fingerprint density at radius 3 is 2.27 bits per heavy atom. The van der Waals surface area contributed by atoms with Crippen LogP contribution in [0, 0.1) is 12.8 Å². The van der Waals surface area contributed by atoms with Gasteiger partial charge in [0.05, 0.1) is 6.04 Å². The summed E-state index contributed by atoms with van der Waals surface area (Å²) >= 11 is 3.44. The van der Waals surface area contributed by atoms with Crippen LogP contribution in [0.5, 0.6) is 0 Å². The van der Waals surface area contributed by atoms with Gasteiger partial charge in [-0.25, -0.2) is 0 Å². The van der Waals surface area contributed by atoms with Crippen LogP contribution in [0.2, 0.25) is 0 Å². The number of aryl methyl sites for hydroxylation is 1. The summed E-state index contributed by atoms with van der Waals surface area (Å²) in [6.45, 7) is 7.71. The van der Waals surface area contributed by atoms with Gasteiger partial charge in [0.15, 0.2) is 0 Å². The van der Waals surface area contributed by atoms with E-state index in [-0.39, 0.29) is 23.8 Å². The topological polar surface area (TPSA) is 58.2 Å². The fourth-order valence-electron chi connectivity index (χ4n) is 2.71. The van der Waals surface area contributed by atoms with E-state index in [1.807, 2.05) is 70.2 Å². The minimum absolute atomic E-state index is 0.0292. The van der Waals surface area contributed by atoms with E-state index in [1.54, 1.807) is 6.07 Å². The summed E-state index contributed by atoms with van der Waals surface area (Å²) in [5, 5.41) is 5.87. The normalized spacial score (nSPS) is 13.2. The van der Waals surface area contributed by atoms with E-state index in [9.17, 15) is 9.59 Å². The fraction of sp³-hybridized carbons (Fsp3) is 0.333. The quantitative estimate of drug-likeness (QED) is 0.733. The van der Waals surface area contributed by atoms with Crippen LogP contribution < -0.4 is 10.6 Å². The Morgan fingerprint density at radius 2 is 1.65 bits per heavy atom. The van der Waals surface area contributed by atoms with E-state index in [4.69, 9.17) is 0 Å². The van der Waals surface area contributed by atoms with Crippen molar-refractivity contribution in [2.75, 3.05) is 0 Å². The maximum absolute atomic E-state index is 12.7. The van der Waals surface area contributed by atoms with Crippen molar-refractivity contribution in [1.82, 2.24) is 10.6 Å². The second kappa shape index (κ2) is 8.99. The number of amides is 2. The zero-order chi connectivity index (χ0) is 19.3. The van der Waals surface area contributed by atoms with E-state index in [2.05, 4.69) is 26.6 Å². The van der Waals surface area contributed by atoms with E-state index in [1.165, 1.54) is 0 Å². The predicted molar refractivity (Wildman–Crippen MR) is 108 cm³/mol. The Bertz CT molecular complexity index is 789. The number of carbonyl (C=O) groups excluding carboxylic acids is 2. The predicted octanol–water partition coefficient (Wildman–Crippen LogP) is 4.39. The summed E-state index contributed by atoms with van der Waals surface area (Å²) in [7, 11) is 0. The molecule has 2 amide bonds. The molecule has 2 aromatic carbocycles. The van der Waals surface area contributed by atoms with Crippen LogP contribution in [0.1, 0.15) is 48.3 Å². The number of rotatable bonds is 6. The van der Waals surface area contributed by atoms with Gasteiger partial charge >= 0.3 is 0 Å². The Morgan fingerprint density at radius 1 is 0.962 bits per heavy atom. The van der Waals surface area contributed by atoms with Crippen LogP contribution in [-0.2, 0) is 4.79 Å². The first-order chi connectivity index (χ1) is 12.3. The lowest BCUT2D eigenvalue weighted by Crippen LogP contribution is -2.50. The monoisotopic (exact) mass is 416 g/mol. The van der Waals surface area contributed by atoms with Gasteiger partial charge in [-0.05, 0) is 49.6 Å². The number of carbonyl (C=O) groups is 2. The van der Waals surface area contributed by atoms with Crippen molar-refractivity contribution in [2.24, 2.45) is 5.92 Å². The van der Waals surface area contributed by atoms with Crippen molar-refractivity contribution < 1.29 is 9.59 Å². The molecule has 0 aliphatic carbocycles. The zero-order valence-electron chi connectivity index (χ0n) is 15.5. The molecule has 0 radical (unpaired) electrons. The molecule has 0 saturated carbocycles. The lowest BCUT2D eigenvalue weighted by Gasteiger charge is -2.24. The van der Waals surface area contributed by atoms with Crippen molar-refractivity contribution in [3.8, 4) is 0 Å². The molecule has 0 aromatic heterocycles. The summed E-state index contributed by atoms with van der Waals surface area (Å²) in [5.74, 6) is -0.454. The van der Waals surface area contributed by atoms with Gasteiger partial charge in [0.1, 0.15) is 6.04 Å². The maximum Gasteiger partial charge on any atom is 0.251 e. The average Bonchev–Trinajstić information content (AvgIpc) is 2.59. The molecule has 26 heavy (non-hydrogen) atoms. The highest BCUT2D eigenvalue weighted by atomic mass is 79.9. The number of hydrogen-bond acceptors (Lipinski definition) is 2. The van der Waals surface area contributed by atoms with Crippen molar-refractivity contribution in [3.63, 3.8) is 0 Å². The lowest BCUT2D eigenvalue weighted by molar-refractivity contribution is -0.124. The summed E-state index contributed by atoms with van der Waals surface area (Å²) in [6.07, 6.45) is 0. The van der Waals surface area contributed by atoms with Crippen molar-refractivity contribution in [3.05, 3.63) is 69.7 Å². The fourth-order valence-corrected chi connectivity index (χ4v) is 3.13. The molecule has 5 heteroatoms. The summed E-state index contributed by atoms with van der Waals surface area (Å²) in [4.78, 5) is 25.3. The van der Waals surface area contributed by atoms with E-state index >= 15 is 0 Å². The van der Waals surface area contributed by atoms with Crippen molar-refractivity contribution >= 4 is 27.7 Å². The van der Waals surface area contributed by atoms with Crippen LogP contribution >= 0.6 is 15.9 Å². The number of halogens is 1. The van der Waals surface area contributed by atoms with Crippen LogP contribution in [0.15, 0.2) is 53.0 Å². The number of hydrogen-bond donors (Lipinski definition) is 2. The van der Waals surface area contributed by atoms with Gasteiger partial charge in [-0.2, -0.15) is 0 Å². The van der Waals surface area contributed by atoms with Gasteiger partial charge in [0.25, 0.3) is 5.91 Å². The SMILES string of the molecule is Cc1cccc(C(=O)NC(C(=O)NC(C)c2cccc(Br)c2)C(C)C)c1. The van der Waals surface area contributed by atoms with Crippen LogP contribution in [0.25, 0.3) is 0 Å². The lowest BCUT2D eigenvalue weighted by atomic mass is 10.0.